The van der Waals surface area contributed by atoms with Crippen molar-refractivity contribution in [3.05, 3.63) is 35.9 Å². The lowest BCUT2D eigenvalue weighted by atomic mass is 9.92. The van der Waals surface area contributed by atoms with Crippen LogP contribution in [0.5, 0.6) is 0 Å². The van der Waals surface area contributed by atoms with Crippen LogP contribution in [0.1, 0.15) is 46.1 Å². The van der Waals surface area contributed by atoms with Gasteiger partial charge < -0.3 is 18.6 Å². The summed E-state index contributed by atoms with van der Waals surface area (Å²) in [5, 5.41) is 0.122. The molecule has 1 heterocycles. The topological polar surface area (TPSA) is 57.3 Å². The van der Waals surface area contributed by atoms with E-state index in [1.165, 1.54) is 24.3 Å². The molecule has 1 fully saturated rings. The second-order valence-electron chi connectivity index (χ2n) is 10.00. The van der Waals surface area contributed by atoms with Gasteiger partial charge in [0.1, 0.15) is 12.2 Å². The van der Waals surface area contributed by atoms with Gasteiger partial charge in [-0.3, -0.25) is 0 Å². The number of carbonyl (C=O) groups excluding carboxylic acids is 1. The molecular formula is C23H35F3O5Si. The molecule has 0 aromatic heterocycles. The fourth-order valence-electron chi connectivity index (χ4n) is 3.29. The third-order valence-electron chi connectivity index (χ3n) is 6.58. The molecule has 0 unspecified atom stereocenters. The van der Waals surface area contributed by atoms with E-state index in [0.29, 0.717) is 13.0 Å². The molecule has 0 amide bonds. The molecule has 0 aliphatic carbocycles. The molecule has 3 atom stereocenters. The van der Waals surface area contributed by atoms with Crippen LogP contribution < -0.4 is 0 Å². The van der Waals surface area contributed by atoms with Gasteiger partial charge >= 0.3 is 12.1 Å². The number of ether oxygens (including phenoxy) is 3. The van der Waals surface area contributed by atoms with Crippen molar-refractivity contribution in [1.29, 1.82) is 0 Å². The smallest absolute Gasteiger partial charge is 0.432 e. The van der Waals surface area contributed by atoms with E-state index in [1.807, 2.05) is 0 Å². The highest BCUT2D eigenvalue weighted by Gasteiger charge is 2.65. The van der Waals surface area contributed by atoms with Crippen LogP contribution in [0.2, 0.25) is 18.1 Å². The number of rotatable bonds is 10. The Bertz CT molecular complexity index is 778. The van der Waals surface area contributed by atoms with Gasteiger partial charge in [-0.05, 0) is 37.9 Å². The first-order valence-electron chi connectivity index (χ1n) is 10.8. The summed E-state index contributed by atoms with van der Waals surface area (Å²) < 4.78 is 63.5. The van der Waals surface area contributed by atoms with Crippen LogP contribution >= 0.6 is 0 Å². The van der Waals surface area contributed by atoms with E-state index in [1.54, 1.807) is 13.0 Å². The lowest BCUT2D eigenvalue weighted by molar-refractivity contribution is -0.276. The predicted molar refractivity (Wildman–Crippen MR) is 118 cm³/mol. The minimum atomic E-state index is -4.99. The zero-order chi connectivity index (χ0) is 24.4. The highest BCUT2D eigenvalue weighted by Crippen LogP contribution is 2.45. The van der Waals surface area contributed by atoms with E-state index in [4.69, 9.17) is 18.6 Å². The molecule has 0 N–H and O–H groups in total. The monoisotopic (exact) mass is 476 g/mol. The molecule has 32 heavy (non-hydrogen) atoms. The Morgan fingerprint density at radius 2 is 1.75 bits per heavy atom. The third kappa shape index (κ3) is 5.55. The van der Waals surface area contributed by atoms with E-state index < -0.39 is 31.7 Å². The first kappa shape index (κ1) is 26.8. The molecule has 182 valence electrons. The predicted octanol–water partition coefficient (Wildman–Crippen LogP) is 5.59. The number of methoxy groups -OCH3 is 1. The molecule has 1 saturated heterocycles. The third-order valence-corrected chi connectivity index (χ3v) is 11.1. The number of halogens is 3. The molecule has 0 radical (unpaired) electrons. The number of esters is 1. The highest BCUT2D eigenvalue weighted by molar-refractivity contribution is 6.74. The number of carbonyl (C=O) groups is 1. The molecule has 0 bridgehead atoms. The Morgan fingerprint density at radius 1 is 1.16 bits per heavy atom. The van der Waals surface area contributed by atoms with Crippen LogP contribution in [0.25, 0.3) is 0 Å². The number of benzene rings is 1. The van der Waals surface area contributed by atoms with Gasteiger partial charge in [0, 0.05) is 19.3 Å². The van der Waals surface area contributed by atoms with Gasteiger partial charge in [0.15, 0.2) is 8.32 Å². The zero-order valence-corrected chi connectivity index (χ0v) is 21.0. The van der Waals surface area contributed by atoms with Crippen LogP contribution in [0, 0.1) is 0 Å². The first-order chi connectivity index (χ1) is 14.6. The highest BCUT2D eigenvalue weighted by atomic mass is 28.4. The molecule has 1 aromatic rings. The van der Waals surface area contributed by atoms with E-state index in [0.717, 1.165) is 13.5 Å². The summed E-state index contributed by atoms with van der Waals surface area (Å²) in [6, 6.07) is 6.77. The average Bonchev–Trinajstić information content (AvgIpc) is 3.33. The quantitative estimate of drug-likeness (QED) is 0.191. The fraction of sp³-hybridized carbons (Fsp3) is 0.696. The largest absolute Gasteiger partial charge is 0.460 e. The molecule has 1 aromatic carbocycles. The van der Waals surface area contributed by atoms with Gasteiger partial charge in [-0.25, -0.2) is 4.79 Å². The van der Waals surface area contributed by atoms with Gasteiger partial charge in [-0.2, -0.15) is 13.2 Å². The summed E-state index contributed by atoms with van der Waals surface area (Å²) in [6.45, 7) is 12.9. The maximum absolute atomic E-state index is 13.9. The molecule has 2 rings (SSSR count). The van der Waals surface area contributed by atoms with Gasteiger partial charge in [0.2, 0.25) is 0 Å². The normalized spacial score (nSPS) is 23.5. The summed E-state index contributed by atoms with van der Waals surface area (Å²) in [6.07, 6.45) is -3.75. The van der Waals surface area contributed by atoms with Crippen molar-refractivity contribution in [1.82, 2.24) is 0 Å². The van der Waals surface area contributed by atoms with Gasteiger partial charge in [0.05, 0.1) is 6.10 Å². The molecular weight excluding hydrogens is 441 g/mol. The minimum Gasteiger partial charge on any atom is -0.460 e. The van der Waals surface area contributed by atoms with Crippen LogP contribution in [0.4, 0.5) is 13.2 Å². The summed E-state index contributed by atoms with van der Waals surface area (Å²) in [4.78, 5) is 12.7. The Kier molecular flexibility index (Phi) is 7.92. The molecule has 1 aliphatic heterocycles. The van der Waals surface area contributed by atoms with Crippen LogP contribution in [-0.2, 0) is 29.0 Å². The minimum absolute atomic E-state index is 0.122. The molecule has 0 saturated carbocycles. The van der Waals surface area contributed by atoms with Crippen molar-refractivity contribution >= 4 is 14.3 Å². The van der Waals surface area contributed by atoms with Gasteiger partial charge in [0.25, 0.3) is 5.60 Å². The number of hydrogen-bond donors (Lipinski definition) is 0. The maximum atomic E-state index is 13.9. The molecule has 1 aliphatic rings. The SMILES string of the molecule is CO[C@](C(=O)OC[C@@]1(C)O[C@@H]1CCCO[Si](C)(C)C(C)(C)C)(c1ccccc1)C(F)(F)F. The maximum Gasteiger partial charge on any atom is 0.432 e. The second-order valence-corrected chi connectivity index (χ2v) is 14.8. The second kappa shape index (κ2) is 9.44. The fourth-order valence-corrected chi connectivity index (χ4v) is 4.38. The van der Waals surface area contributed by atoms with Crippen LogP contribution in [-0.4, -0.2) is 52.5 Å². The Hall–Kier alpha value is -1.42. The zero-order valence-electron chi connectivity index (χ0n) is 20.0. The van der Waals surface area contributed by atoms with E-state index in [2.05, 4.69) is 33.9 Å². The van der Waals surface area contributed by atoms with Crippen molar-refractivity contribution in [3.63, 3.8) is 0 Å². The van der Waals surface area contributed by atoms with Gasteiger partial charge in [-0.1, -0.05) is 51.1 Å². The van der Waals surface area contributed by atoms with E-state index in [-0.39, 0.29) is 23.3 Å². The van der Waals surface area contributed by atoms with Crippen LogP contribution in [0.3, 0.4) is 0 Å². The van der Waals surface area contributed by atoms with Crippen molar-refractivity contribution in [2.75, 3.05) is 20.3 Å². The Balaban J connectivity index is 1.93. The lowest BCUT2D eigenvalue weighted by Crippen LogP contribution is -2.52. The molecule has 0 spiro atoms. The van der Waals surface area contributed by atoms with E-state index >= 15 is 0 Å². The average molecular weight is 477 g/mol. The van der Waals surface area contributed by atoms with Crippen molar-refractivity contribution in [2.24, 2.45) is 0 Å². The van der Waals surface area contributed by atoms with Crippen molar-refractivity contribution < 1.29 is 36.6 Å². The Labute approximate surface area is 189 Å². The number of epoxide rings is 1. The van der Waals surface area contributed by atoms with E-state index in [9.17, 15) is 18.0 Å². The summed E-state index contributed by atoms with van der Waals surface area (Å²) in [5.74, 6) is -1.50. The van der Waals surface area contributed by atoms with Gasteiger partial charge in [-0.15, -0.1) is 0 Å². The lowest BCUT2D eigenvalue weighted by Gasteiger charge is -2.36. The van der Waals surface area contributed by atoms with Crippen LogP contribution in [0.15, 0.2) is 30.3 Å². The van der Waals surface area contributed by atoms with Crippen molar-refractivity contribution in [3.8, 4) is 0 Å². The standard InChI is InChI=1S/C23H35F3O5Si/c1-20(2,3)32(6,7)30-15-11-14-18-21(4,31-18)16-29-19(27)22(28-5,23(24,25)26)17-12-9-8-10-13-17/h8-10,12-13,18H,11,14-16H2,1-7H3/t18-,21-,22+/m1/s1. The first-order valence-corrected chi connectivity index (χ1v) is 13.7. The Morgan fingerprint density at radius 3 is 2.25 bits per heavy atom. The molecule has 5 nitrogen and oxygen atoms in total. The summed E-state index contributed by atoms with van der Waals surface area (Å²) in [5.41, 5.74) is -4.33. The van der Waals surface area contributed by atoms with Crippen molar-refractivity contribution in [2.45, 2.75) is 82.2 Å². The molecule has 9 heteroatoms. The number of hydrogen-bond acceptors (Lipinski definition) is 5. The summed E-state index contributed by atoms with van der Waals surface area (Å²) in [7, 11) is -0.979. The number of alkyl halides is 3. The summed E-state index contributed by atoms with van der Waals surface area (Å²) >= 11 is 0.